The second-order valence-electron chi connectivity index (χ2n) is 6.90. The van der Waals surface area contributed by atoms with Gasteiger partial charge in [0, 0.05) is 12.6 Å². The van der Waals surface area contributed by atoms with E-state index in [-0.39, 0.29) is 0 Å². The van der Waals surface area contributed by atoms with Gasteiger partial charge in [0.15, 0.2) is 0 Å². The van der Waals surface area contributed by atoms with Crippen LogP contribution in [-0.2, 0) is 6.54 Å². The summed E-state index contributed by atoms with van der Waals surface area (Å²) in [6.07, 6.45) is 5.55. The quantitative estimate of drug-likeness (QED) is 0.885. The van der Waals surface area contributed by atoms with Gasteiger partial charge in [-0.1, -0.05) is 29.3 Å². The zero-order valence-corrected chi connectivity index (χ0v) is 13.0. The largest absolute Gasteiger partial charge is 0.314 e. The Morgan fingerprint density at radius 2 is 1.65 bits per heavy atom. The zero-order chi connectivity index (χ0) is 13.9. The topological polar surface area (TPSA) is 15.3 Å². The molecule has 20 heavy (non-hydrogen) atoms. The van der Waals surface area contributed by atoms with E-state index in [1.54, 1.807) is 0 Å². The lowest BCUT2D eigenvalue weighted by Gasteiger charge is -2.32. The van der Waals surface area contributed by atoms with Gasteiger partial charge in [-0.25, -0.2) is 0 Å². The highest BCUT2D eigenvalue weighted by molar-refractivity contribution is 5.28. The van der Waals surface area contributed by atoms with Gasteiger partial charge in [-0.2, -0.15) is 0 Å². The third-order valence-corrected chi connectivity index (χ3v) is 4.67. The fourth-order valence-corrected chi connectivity index (χ4v) is 3.39. The summed E-state index contributed by atoms with van der Waals surface area (Å²) in [6.45, 7) is 9.32. The number of piperidine rings is 1. The average molecular weight is 272 g/mol. The SMILES string of the molecule is Cc1cc(C)cc(CN2CCC(CNC3CC3)CC2)c1. The maximum Gasteiger partial charge on any atom is 0.0233 e. The van der Waals surface area contributed by atoms with Gasteiger partial charge >= 0.3 is 0 Å². The van der Waals surface area contributed by atoms with Crippen molar-refractivity contribution in [1.82, 2.24) is 10.2 Å². The summed E-state index contributed by atoms with van der Waals surface area (Å²) >= 11 is 0. The Kier molecular flexibility index (Phi) is 4.42. The van der Waals surface area contributed by atoms with Crippen molar-refractivity contribution in [3.8, 4) is 0 Å². The highest BCUT2D eigenvalue weighted by Crippen LogP contribution is 2.22. The molecule has 0 unspecified atom stereocenters. The molecule has 1 N–H and O–H groups in total. The predicted molar refractivity (Wildman–Crippen MR) is 84.9 cm³/mol. The molecular formula is C18H28N2. The Balaban J connectivity index is 1.45. The minimum absolute atomic E-state index is 0.864. The maximum absolute atomic E-state index is 3.69. The van der Waals surface area contributed by atoms with Crippen molar-refractivity contribution in [2.75, 3.05) is 19.6 Å². The lowest BCUT2D eigenvalue weighted by Crippen LogP contribution is -2.37. The predicted octanol–water partition coefficient (Wildman–Crippen LogP) is 3.27. The molecule has 0 aromatic heterocycles. The Hall–Kier alpha value is -0.860. The summed E-state index contributed by atoms with van der Waals surface area (Å²) < 4.78 is 0. The molecule has 1 aromatic rings. The van der Waals surface area contributed by atoms with Crippen LogP contribution in [0.1, 0.15) is 42.4 Å². The summed E-state index contributed by atoms with van der Waals surface area (Å²) in [5.74, 6) is 0.908. The molecule has 2 heteroatoms. The molecule has 1 saturated heterocycles. The van der Waals surface area contributed by atoms with Gasteiger partial charge in [-0.3, -0.25) is 4.90 Å². The molecule has 2 aliphatic rings. The van der Waals surface area contributed by atoms with E-state index in [9.17, 15) is 0 Å². The monoisotopic (exact) mass is 272 g/mol. The van der Waals surface area contributed by atoms with Gasteiger partial charge in [0.2, 0.25) is 0 Å². The minimum atomic E-state index is 0.864. The number of hydrogen-bond donors (Lipinski definition) is 1. The van der Waals surface area contributed by atoms with Gasteiger partial charge in [-0.05, 0) is 70.6 Å². The standard InChI is InChI=1S/C18H28N2/c1-14-9-15(2)11-17(10-14)13-20-7-5-16(6-8-20)12-19-18-3-4-18/h9-11,16,18-19H,3-8,12-13H2,1-2H3. The van der Waals surface area contributed by atoms with Crippen molar-refractivity contribution in [1.29, 1.82) is 0 Å². The molecular weight excluding hydrogens is 244 g/mol. The molecule has 1 aliphatic heterocycles. The van der Waals surface area contributed by atoms with Crippen LogP contribution >= 0.6 is 0 Å². The van der Waals surface area contributed by atoms with Crippen LogP contribution < -0.4 is 5.32 Å². The number of benzene rings is 1. The van der Waals surface area contributed by atoms with E-state index in [1.807, 2.05) is 0 Å². The van der Waals surface area contributed by atoms with Crippen molar-refractivity contribution in [3.63, 3.8) is 0 Å². The molecule has 1 heterocycles. The first-order chi connectivity index (χ1) is 9.69. The van der Waals surface area contributed by atoms with Crippen LogP contribution in [-0.4, -0.2) is 30.6 Å². The number of rotatable bonds is 5. The number of nitrogens with zero attached hydrogens (tertiary/aromatic N) is 1. The molecule has 0 bridgehead atoms. The third kappa shape index (κ3) is 4.07. The van der Waals surface area contributed by atoms with Crippen molar-refractivity contribution in [2.24, 2.45) is 5.92 Å². The van der Waals surface area contributed by atoms with E-state index in [1.165, 1.54) is 62.0 Å². The van der Waals surface area contributed by atoms with Gasteiger partial charge in [0.25, 0.3) is 0 Å². The number of aryl methyl sites for hydroxylation is 2. The first kappa shape index (κ1) is 14.1. The van der Waals surface area contributed by atoms with Crippen molar-refractivity contribution < 1.29 is 0 Å². The van der Waals surface area contributed by atoms with Gasteiger partial charge in [-0.15, -0.1) is 0 Å². The van der Waals surface area contributed by atoms with Crippen LogP contribution in [0, 0.1) is 19.8 Å². The summed E-state index contributed by atoms with van der Waals surface area (Å²) in [5.41, 5.74) is 4.27. The normalized spacial score (nSPS) is 21.3. The smallest absolute Gasteiger partial charge is 0.0233 e. The lowest BCUT2D eigenvalue weighted by atomic mass is 9.96. The fraction of sp³-hybridized carbons (Fsp3) is 0.667. The van der Waals surface area contributed by atoms with E-state index < -0.39 is 0 Å². The molecule has 2 fully saturated rings. The highest BCUT2D eigenvalue weighted by Gasteiger charge is 2.24. The molecule has 110 valence electrons. The van der Waals surface area contributed by atoms with Crippen molar-refractivity contribution in [2.45, 2.75) is 52.1 Å². The molecule has 1 aliphatic carbocycles. The van der Waals surface area contributed by atoms with Crippen LogP contribution in [0.5, 0.6) is 0 Å². The number of likely N-dealkylation sites (tertiary alicyclic amines) is 1. The molecule has 0 amide bonds. The van der Waals surface area contributed by atoms with E-state index in [0.717, 1.165) is 18.5 Å². The Labute approximate surface area is 123 Å². The number of hydrogen-bond acceptors (Lipinski definition) is 2. The van der Waals surface area contributed by atoms with Crippen LogP contribution in [0.4, 0.5) is 0 Å². The van der Waals surface area contributed by atoms with E-state index >= 15 is 0 Å². The second kappa shape index (κ2) is 6.28. The van der Waals surface area contributed by atoms with Gasteiger partial charge < -0.3 is 5.32 Å². The van der Waals surface area contributed by atoms with Crippen LogP contribution in [0.25, 0.3) is 0 Å². The molecule has 0 spiro atoms. The van der Waals surface area contributed by atoms with Crippen LogP contribution in [0.2, 0.25) is 0 Å². The third-order valence-electron chi connectivity index (χ3n) is 4.67. The fourth-order valence-electron chi connectivity index (χ4n) is 3.39. The summed E-state index contributed by atoms with van der Waals surface area (Å²) in [7, 11) is 0. The van der Waals surface area contributed by atoms with E-state index in [0.29, 0.717) is 0 Å². The second-order valence-corrected chi connectivity index (χ2v) is 6.90. The molecule has 0 radical (unpaired) electrons. The summed E-state index contributed by atoms with van der Waals surface area (Å²) in [6, 6.07) is 7.81. The Morgan fingerprint density at radius 1 is 1.00 bits per heavy atom. The van der Waals surface area contributed by atoms with Crippen molar-refractivity contribution in [3.05, 3.63) is 34.9 Å². The summed E-state index contributed by atoms with van der Waals surface area (Å²) in [5, 5.41) is 3.69. The maximum atomic E-state index is 3.69. The van der Waals surface area contributed by atoms with Crippen LogP contribution in [0.15, 0.2) is 18.2 Å². The highest BCUT2D eigenvalue weighted by atomic mass is 15.1. The van der Waals surface area contributed by atoms with E-state index in [2.05, 4.69) is 42.3 Å². The first-order valence-electron chi connectivity index (χ1n) is 8.22. The lowest BCUT2D eigenvalue weighted by molar-refractivity contribution is 0.175. The average Bonchev–Trinajstić information content (AvgIpc) is 3.21. The van der Waals surface area contributed by atoms with Crippen LogP contribution in [0.3, 0.4) is 0 Å². The molecule has 2 nitrogen and oxygen atoms in total. The molecule has 3 rings (SSSR count). The Morgan fingerprint density at radius 3 is 2.25 bits per heavy atom. The first-order valence-corrected chi connectivity index (χ1v) is 8.22. The molecule has 1 aromatic carbocycles. The van der Waals surface area contributed by atoms with Gasteiger partial charge in [0.05, 0.1) is 0 Å². The van der Waals surface area contributed by atoms with Crippen molar-refractivity contribution >= 4 is 0 Å². The number of nitrogens with one attached hydrogen (secondary N) is 1. The van der Waals surface area contributed by atoms with Gasteiger partial charge in [0.1, 0.15) is 0 Å². The summed E-state index contributed by atoms with van der Waals surface area (Å²) in [4.78, 5) is 2.63. The molecule has 0 atom stereocenters. The van der Waals surface area contributed by atoms with E-state index in [4.69, 9.17) is 0 Å². The zero-order valence-electron chi connectivity index (χ0n) is 13.0. The minimum Gasteiger partial charge on any atom is -0.314 e. The molecule has 1 saturated carbocycles. The Bertz CT molecular complexity index is 422.